The predicted octanol–water partition coefficient (Wildman–Crippen LogP) is 3.93. The molecule has 0 fully saturated rings. The van der Waals surface area contributed by atoms with E-state index >= 15 is 0 Å². The summed E-state index contributed by atoms with van der Waals surface area (Å²) in [4.78, 5) is 11.2. The van der Waals surface area contributed by atoms with E-state index in [-0.39, 0.29) is 23.6 Å². The largest absolute Gasteiger partial charge is 0.508 e. The quantitative estimate of drug-likeness (QED) is 0.535. The molecule has 0 aromatic heterocycles. The van der Waals surface area contributed by atoms with Crippen molar-refractivity contribution in [3.63, 3.8) is 0 Å². The molecule has 21 heavy (non-hydrogen) atoms. The predicted molar refractivity (Wildman–Crippen MR) is 82.4 cm³/mol. The molecule has 1 aromatic rings. The number of ether oxygens (including phenoxy) is 1. The van der Waals surface area contributed by atoms with Gasteiger partial charge in [0.15, 0.2) is 0 Å². The monoisotopic (exact) mass is 294 g/mol. The summed E-state index contributed by atoms with van der Waals surface area (Å²) < 4.78 is 5.34. The van der Waals surface area contributed by atoms with Crippen LogP contribution in [0.3, 0.4) is 0 Å². The Morgan fingerprint density at radius 2 is 1.71 bits per heavy atom. The van der Waals surface area contributed by atoms with Crippen molar-refractivity contribution in [2.24, 2.45) is 0 Å². The smallest absolute Gasteiger partial charge is 0.302 e. The van der Waals surface area contributed by atoms with Crippen LogP contribution in [-0.4, -0.2) is 22.3 Å². The number of unbranched alkanes of at least 4 members (excludes halogenated alkanes) is 4. The molecule has 0 aliphatic rings. The number of phenolic OH excluding ortho intramolecular Hbond substituents is 2. The Morgan fingerprint density at radius 1 is 1.10 bits per heavy atom. The van der Waals surface area contributed by atoms with Gasteiger partial charge >= 0.3 is 5.97 Å². The summed E-state index contributed by atoms with van der Waals surface area (Å²) in [5.41, 5.74) is 0.771. The SMILES string of the molecule is CCCCCCC[C@H](Cc1cc(O)cc(O)c1)OC(C)=O. The summed E-state index contributed by atoms with van der Waals surface area (Å²) in [5, 5.41) is 19.0. The van der Waals surface area contributed by atoms with Gasteiger partial charge < -0.3 is 14.9 Å². The summed E-state index contributed by atoms with van der Waals surface area (Å²) >= 11 is 0. The third-order valence-electron chi connectivity index (χ3n) is 3.39. The van der Waals surface area contributed by atoms with Gasteiger partial charge in [0, 0.05) is 19.4 Å². The normalized spacial score (nSPS) is 12.1. The zero-order valence-electron chi connectivity index (χ0n) is 13.0. The van der Waals surface area contributed by atoms with Crippen molar-refractivity contribution in [3.05, 3.63) is 23.8 Å². The summed E-state index contributed by atoms with van der Waals surface area (Å²) in [6, 6.07) is 4.47. The molecule has 0 radical (unpaired) electrons. The fourth-order valence-corrected chi connectivity index (χ4v) is 2.45. The van der Waals surface area contributed by atoms with E-state index in [1.165, 1.54) is 32.3 Å². The lowest BCUT2D eigenvalue weighted by Crippen LogP contribution is -2.19. The summed E-state index contributed by atoms with van der Waals surface area (Å²) in [6.45, 7) is 3.58. The average Bonchev–Trinajstić information content (AvgIpc) is 2.36. The number of rotatable bonds is 9. The molecular weight excluding hydrogens is 268 g/mol. The molecule has 0 spiro atoms. The van der Waals surface area contributed by atoms with E-state index < -0.39 is 0 Å². The molecule has 0 saturated carbocycles. The Bertz CT molecular complexity index is 422. The minimum Gasteiger partial charge on any atom is -0.508 e. The average molecular weight is 294 g/mol. The van der Waals surface area contributed by atoms with Gasteiger partial charge in [0.1, 0.15) is 17.6 Å². The first-order valence-corrected chi connectivity index (χ1v) is 7.70. The first-order valence-electron chi connectivity index (χ1n) is 7.70. The molecule has 2 N–H and O–H groups in total. The molecule has 1 aromatic carbocycles. The lowest BCUT2D eigenvalue weighted by atomic mass is 10.0. The Hall–Kier alpha value is -1.71. The fraction of sp³-hybridized carbons (Fsp3) is 0.588. The second kappa shape index (κ2) is 9.27. The van der Waals surface area contributed by atoms with Gasteiger partial charge in [-0.25, -0.2) is 0 Å². The number of carbonyl (C=O) groups is 1. The van der Waals surface area contributed by atoms with Crippen LogP contribution in [0.4, 0.5) is 0 Å². The number of hydrogen-bond donors (Lipinski definition) is 2. The molecule has 4 nitrogen and oxygen atoms in total. The number of esters is 1. The third kappa shape index (κ3) is 7.59. The Morgan fingerprint density at radius 3 is 2.29 bits per heavy atom. The van der Waals surface area contributed by atoms with Gasteiger partial charge in [-0.15, -0.1) is 0 Å². The highest BCUT2D eigenvalue weighted by molar-refractivity contribution is 5.66. The Balaban J connectivity index is 2.54. The van der Waals surface area contributed by atoms with Gasteiger partial charge in [-0.2, -0.15) is 0 Å². The van der Waals surface area contributed by atoms with Crippen molar-refractivity contribution in [3.8, 4) is 11.5 Å². The lowest BCUT2D eigenvalue weighted by molar-refractivity contribution is -0.146. The molecule has 0 aliphatic heterocycles. The maximum atomic E-state index is 11.2. The van der Waals surface area contributed by atoms with Crippen LogP contribution in [-0.2, 0) is 16.0 Å². The second-order valence-electron chi connectivity index (χ2n) is 5.50. The van der Waals surface area contributed by atoms with Gasteiger partial charge in [-0.1, -0.05) is 32.6 Å². The fourth-order valence-electron chi connectivity index (χ4n) is 2.45. The maximum absolute atomic E-state index is 11.2. The molecule has 0 heterocycles. The summed E-state index contributed by atoms with van der Waals surface area (Å²) in [7, 11) is 0. The van der Waals surface area contributed by atoms with E-state index in [0.29, 0.717) is 6.42 Å². The first-order chi connectivity index (χ1) is 10.0. The molecule has 118 valence electrons. The van der Waals surface area contributed by atoms with E-state index in [1.54, 1.807) is 12.1 Å². The first kappa shape index (κ1) is 17.3. The van der Waals surface area contributed by atoms with E-state index in [9.17, 15) is 15.0 Å². The van der Waals surface area contributed by atoms with E-state index in [1.807, 2.05) is 0 Å². The van der Waals surface area contributed by atoms with Crippen LogP contribution in [0.25, 0.3) is 0 Å². The zero-order chi connectivity index (χ0) is 15.7. The van der Waals surface area contributed by atoms with Crippen LogP contribution in [0.5, 0.6) is 11.5 Å². The van der Waals surface area contributed by atoms with Crippen LogP contribution in [0.15, 0.2) is 18.2 Å². The van der Waals surface area contributed by atoms with Crippen molar-refractivity contribution >= 4 is 5.97 Å². The number of hydrogen-bond acceptors (Lipinski definition) is 4. The molecule has 0 bridgehead atoms. The van der Waals surface area contributed by atoms with Crippen molar-refractivity contribution < 1.29 is 19.7 Å². The maximum Gasteiger partial charge on any atom is 0.302 e. The van der Waals surface area contributed by atoms with Crippen molar-refractivity contribution in [1.29, 1.82) is 0 Å². The van der Waals surface area contributed by atoms with Gasteiger partial charge in [0.25, 0.3) is 0 Å². The lowest BCUT2D eigenvalue weighted by Gasteiger charge is -2.17. The van der Waals surface area contributed by atoms with Crippen molar-refractivity contribution in [2.45, 2.75) is 64.9 Å². The molecule has 1 rings (SSSR count). The van der Waals surface area contributed by atoms with Crippen LogP contribution < -0.4 is 0 Å². The van der Waals surface area contributed by atoms with Gasteiger partial charge in [0.05, 0.1) is 0 Å². The summed E-state index contributed by atoms with van der Waals surface area (Å²) in [6.07, 6.45) is 6.91. The topological polar surface area (TPSA) is 66.8 Å². The zero-order valence-corrected chi connectivity index (χ0v) is 13.0. The van der Waals surface area contributed by atoms with Crippen molar-refractivity contribution in [2.75, 3.05) is 0 Å². The second-order valence-corrected chi connectivity index (χ2v) is 5.50. The molecule has 0 unspecified atom stereocenters. The molecule has 4 heteroatoms. The van der Waals surface area contributed by atoms with E-state index in [4.69, 9.17) is 4.74 Å². The van der Waals surface area contributed by atoms with E-state index in [2.05, 4.69) is 6.92 Å². The Kier molecular flexibility index (Phi) is 7.65. The summed E-state index contributed by atoms with van der Waals surface area (Å²) in [5.74, 6) is -0.248. The highest BCUT2D eigenvalue weighted by Crippen LogP contribution is 2.23. The van der Waals surface area contributed by atoms with Crippen LogP contribution in [0.1, 0.15) is 57.9 Å². The highest BCUT2D eigenvalue weighted by atomic mass is 16.5. The minimum atomic E-state index is -0.294. The number of phenols is 2. The van der Waals surface area contributed by atoms with Crippen LogP contribution in [0, 0.1) is 0 Å². The van der Waals surface area contributed by atoms with E-state index in [0.717, 1.165) is 24.8 Å². The third-order valence-corrected chi connectivity index (χ3v) is 3.39. The minimum absolute atomic E-state index is 0.0227. The standard InChI is InChI=1S/C17H26O4/c1-3-4-5-6-7-8-17(21-13(2)18)11-14-9-15(19)12-16(20)10-14/h9-10,12,17,19-20H,3-8,11H2,1-2H3/t17-/m1/s1. The highest BCUT2D eigenvalue weighted by Gasteiger charge is 2.14. The Labute approximate surface area is 126 Å². The van der Waals surface area contributed by atoms with Crippen LogP contribution >= 0.6 is 0 Å². The van der Waals surface area contributed by atoms with Crippen molar-refractivity contribution in [1.82, 2.24) is 0 Å². The van der Waals surface area contributed by atoms with Crippen LogP contribution in [0.2, 0.25) is 0 Å². The number of aromatic hydroxyl groups is 2. The van der Waals surface area contributed by atoms with Gasteiger partial charge in [-0.05, 0) is 30.5 Å². The molecule has 1 atom stereocenters. The molecule has 0 amide bonds. The number of benzene rings is 1. The molecule has 0 saturated heterocycles. The molecule has 0 aliphatic carbocycles. The van der Waals surface area contributed by atoms with Gasteiger partial charge in [-0.3, -0.25) is 4.79 Å². The number of carbonyl (C=O) groups excluding carboxylic acids is 1. The molecular formula is C17H26O4. The van der Waals surface area contributed by atoms with Gasteiger partial charge in [0.2, 0.25) is 0 Å².